The van der Waals surface area contributed by atoms with Crippen LogP contribution in [0.25, 0.3) is 43.6 Å². The highest BCUT2D eigenvalue weighted by Crippen LogP contribution is 2.24. The van der Waals surface area contributed by atoms with Crippen LogP contribution in [-0.2, 0) is 28.2 Å². The summed E-state index contributed by atoms with van der Waals surface area (Å²) in [5.41, 5.74) is 5.36. The predicted octanol–water partition coefficient (Wildman–Crippen LogP) is 9.10. The van der Waals surface area contributed by atoms with Crippen LogP contribution >= 0.6 is 0 Å². The second kappa shape index (κ2) is 15.2. The lowest BCUT2D eigenvalue weighted by Crippen LogP contribution is -2.61. The number of fused-ring (bicyclic) bond motifs is 4. The molecular formula is C44H54N4Si2. The SMILES string of the molecule is CC[SiH](CC)c1cc2ccccc2n1C.CC[Si](CC)(c1cc2ccccc2n1C)c1cc2ccccc2n1C.Cn1ccc2ccccc21. The maximum atomic E-state index is 2.45. The second-order valence-electron chi connectivity index (χ2n) is 13.8. The van der Waals surface area contributed by atoms with Crippen molar-refractivity contribution < 1.29 is 0 Å². The number of rotatable bonds is 7. The van der Waals surface area contributed by atoms with Gasteiger partial charge in [-0.25, -0.2) is 0 Å². The molecule has 0 unspecified atom stereocenters. The topological polar surface area (TPSA) is 19.7 Å². The highest BCUT2D eigenvalue weighted by molar-refractivity contribution is 7.01. The van der Waals surface area contributed by atoms with Gasteiger partial charge in [-0.1, -0.05) is 113 Å². The van der Waals surface area contributed by atoms with Crippen molar-refractivity contribution in [2.45, 2.75) is 51.9 Å². The molecule has 4 nitrogen and oxygen atoms in total. The first kappa shape index (κ1) is 35.3. The first-order valence-electron chi connectivity index (χ1n) is 18.4. The minimum Gasteiger partial charge on any atom is -0.352 e. The first-order chi connectivity index (χ1) is 24.3. The average molecular weight is 695 g/mol. The zero-order valence-corrected chi connectivity index (χ0v) is 33.5. The van der Waals surface area contributed by atoms with E-state index in [-0.39, 0.29) is 0 Å². The first-order valence-corrected chi connectivity index (χ1v) is 23.0. The van der Waals surface area contributed by atoms with Gasteiger partial charge in [0, 0.05) is 67.1 Å². The minimum absolute atomic E-state index is 0.702. The molecule has 0 aliphatic carbocycles. The van der Waals surface area contributed by atoms with Crippen LogP contribution in [0.15, 0.2) is 128 Å². The van der Waals surface area contributed by atoms with Gasteiger partial charge in [0.15, 0.2) is 8.07 Å². The Morgan fingerprint density at radius 3 is 1.26 bits per heavy atom. The molecule has 258 valence electrons. The van der Waals surface area contributed by atoms with Crippen LogP contribution in [0.2, 0.25) is 24.2 Å². The van der Waals surface area contributed by atoms with Crippen LogP contribution in [0.1, 0.15) is 27.7 Å². The highest BCUT2D eigenvalue weighted by atomic mass is 28.3. The molecule has 0 N–H and O–H groups in total. The van der Waals surface area contributed by atoms with Crippen molar-refractivity contribution in [3.63, 3.8) is 0 Å². The summed E-state index contributed by atoms with van der Waals surface area (Å²) in [7, 11) is 6.23. The molecule has 4 heterocycles. The van der Waals surface area contributed by atoms with Crippen molar-refractivity contribution >= 4 is 76.4 Å². The smallest absolute Gasteiger partial charge is 0.158 e. The normalized spacial score (nSPS) is 11.7. The zero-order valence-electron chi connectivity index (χ0n) is 31.3. The van der Waals surface area contributed by atoms with Gasteiger partial charge in [0.05, 0.1) is 8.80 Å². The van der Waals surface area contributed by atoms with E-state index in [9.17, 15) is 0 Å². The molecular weight excluding hydrogens is 641 g/mol. The Labute approximate surface area is 301 Å². The zero-order chi connectivity index (χ0) is 35.4. The lowest BCUT2D eigenvalue weighted by molar-refractivity contribution is 0.969. The highest BCUT2D eigenvalue weighted by Gasteiger charge is 2.39. The summed E-state index contributed by atoms with van der Waals surface area (Å²) in [4.78, 5) is 0. The quantitative estimate of drug-likeness (QED) is 0.148. The molecule has 0 aliphatic rings. The van der Waals surface area contributed by atoms with Gasteiger partial charge in [-0.3, -0.25) is 0 Å². The van der Waals surface area contributed by atoms with E-state index in [4.69, 9.17) is 0 Å². The van der Waals surface area contributed by atoms with Crippen LogP contribution in [0.4, 0.5) is 0 Å². The Balaban J connectivity index is 0.000000146. The van der Waals surface area contributed by atoms with Crippen molar-refractivity contribution in [2.75, 3.05) is 0 Å². The molecule has 0 aliphatic heterocycles. The molecule has 8 rings (SSSR count). The van der Waals surface area contributed by atoms with E-state index in [0.717, 1.165) is 0 Å². The number of hydrogen-bond acceptors (Lipinski definition) is 0. The van der Waals surface area contributed by atoms with E-state index in [0.29, 0.717) is 0 Å². The molecule has 0 amide bonds. The molecule has 0 fully saturated rings. The fourth-order valence-electron chi connectivity index (χ4n) is 8.23. The number of hydrogen-bond donors (Lipinski definition) is 0. The molecule has 50 heavy (non-hydrogen) atoms. The van der Waals surface area contributed by atoms with E-state index in [1.165, 1.54) is 67.8 Å². The number of para-hydroxylation sites is 4. The van der Waals surface area contributed by atoms with Crippen LogP contribution in [0.5, 0.6) is 0 Å². The predicted molar refractivity (Wildman–Crippen MR) is 225 cm³/mol. The van der Waals surface area contributed by atoms with Gasteiger partial charge >= 0.3 is 0 Å². The third kappa shape index (κ3) is 6.43. The lowest BCUT2D eigenvalue weighted by Gasteiger charge is -2.31. The van der Waals surface area contributed by atoms with Crippen molar-refractivity contribution in [3.05, 3.63) is 128 Å². The Kier molecular flexibility index (Phi) is 10.7. The summed E-state index contributed by atoms with van der Waals surface area (Å²) < 4.78 is 9.42. The largest absolute Gasteiger partial charge is 0.352 e. The number of nitrogens with zero attached hydrogens (tertiary/aromatic N) is 4. The number of aromatic nitrogens is 4. The van der Waals surface area contributed by atoms with Crippen molar-refractivity contribution in [3.8, 4) is 0 Å². The summed E-state index contributed by atoms with van der Waals surface area (Å²) in [5, 5.41) is 10.1. The minimum atomic E-state index is -1.83. The van der Waals surface area contributed by atoms with Gasteiger partial charge in [0.1, 0.15) is 0 Å². The maximum Gasteiger partial charge on any atom is 0.158 e. The summed E-state index contributed by atoms with van der Waals surface area (Å²) in [5.74, 6) is 0. The molecule has 0 spiro atoms. The van der Waals surface area contributed by atoms with E-state index in [1.807, 2.05) is 0 Å². The number of aryl methyl sites for hydroxylation is 4. The van der Waals surface area contributed by atoms with Gasteiger partial charge in [-0.05, 0) is 87.5 Å². The standard InChI is InChI=1S/C22H26N2Si.C13H19NSi.C9H9N/c1-5-25(6-2,21-15-17-11-7-9-13-19(17)23(21)3)22-16-18-12-8-10-14-20(18)24(22)4;1-4-15(5-2)13-10-11-8-6-7-9-12(11)14(13)3;1-10-7-6-8-4-2-3-5-9(8)10/h7-16H,5-6H2,1-4H3;6-10,15H,4-5H2,1-3H3;2-7H,1H3. The van der Waals surface area contributed by atoms with E-state index in [2.05, 4.69) is 202 Å². The Morgan fingerprint density at radius 1 is 0.460 bits per heavy atom. The van der Waals surface area contributed by atoms with Gasteiger partial charge in [0.2, 0.25) is 0 Å². The monoisotopic (exact) mass is 694 g/mol. The fourth-order valence-corrected chi connectivity index (χ4v) is 15.3. The second-order valence-corrected chi connectivity index (χ2v) is 22.0. The molecule has 0 bridgehead atoms. The van der Waals surface area contributed by atoms with Crippen molar-refractivity contribution in [1.29, 1.82) is 0 Å². The summed E-state index contributed by atoms with van der Waals surface area (Å²) in [6.07, 6.45) is 2.07. The third-order valence-corrected chi connectivity index (χ3v) is 20.0. The summed E-state index contributed by atoms with van der Waals surface area (Å²) >= 11 is 0. The van der Waals surface area contributed by atoms with Gasteiger partial charge in [0.25, 0.3) is 0 Å². The molecule has 4 aromatic carbocycles. The van der Waals surface area contributed by atoms with E-state index >= 15 is 0 Å². The number of benzene rings is 4. The molecule has 0 saturated heterocycles. The van der Waals surface area contributed by atoms with Crippen LogP contribution in [0.3, 0.4) is 0 Å². The Bertz CT molecular complexity index is 2260. The molecule has 0 saturated carbocycles. The molecule has 6 heteroatoms. The van der Waals surface area contributed by atoms with Crippen LogP contribution < -0.4 is 16.0 Å². The Hall–Kier alpha value is -4.53. The van der Waals surface area contributed by atoms with Gasteiger partial charge in [-0.15, -0.1) is 0 Å². The Morgan fingerprint density at radius 2 is 0.860 bits per heavy atom. The molecule has 4 aromatic heterocycles. The summed E-state index contributed by atoms with van der Waals surface area (Å²) in [6, 6.07) is 49.2. The fraction of sp³-hybridized carbons (Fsp3) is 0.273. The van der Waals surface area contributed by atoms with Crippen molar-refractivity contribution in [2.24, 2.45) is 28.2 Å². The average Bonchev–Trinajstić information content (AvgIpc) is 3.90. The molecule has 0 radical (unpaired) electrons. The van der Waals surface area contributed by atoms with Crippen LogP contribution in [0, 0.1) is 0 Å². The molecule has 8 aromatic rings. The van der Waals surface area contributed by atoms with Crippen molar-refractivity contribution in [1.82, 2.24) is 18.3 Å². The van der Waals surface area contributed by atoms with Crippen LogP contribution in [-0.4, -0.2) is 35.1 Å². The van der Waals surface area contributed by atoms with Gasteiger partial charge in [-0.2, -0.15) is 0 Å². The summed E-state index contributed by atoms with van der Waals surface area (Å²) in [6.45, 7) is 9.42. The lowest BCUT2D eigenvalue weighted by atomic mass is 10.2. The third-order valence-electron chi connectivity index (χ3n) is 11.3. The molecule has 0 atom stereocenters. The van der Waals surface area contributed by atoms with E-state index in [1.54, 1.807) is 16.0 Å². The maximum absolute atomic E-state index is 2.45. The van der Waals surface area contributed by atoms with E-state index < -0.39 is 16.9 Å². The van der Waals surface area contributed by atoms with Gasteiger partial charge < -0.3 is 18.3 Å².